The fourth-order valence-corrected chi connectivity index (χ4v) is 4.65. The molecule has 0 unspecified atom stereocenters. The summed E-state index contributed by atoms with van der Waals surface area (Å²) in [6, 6.07) is 8.40. The van der Waals surface area contributed by atoms with Gasteiger partial charge in [0.2, 0.25) is 5.91 Å². The minimum atomic E-state index is -0.125. The molecule has 1 aromatic heterocycles. The Morgan fingerprint density at radius 1 is 1.23 bits per heavy atom. The summed E-state index contributed by atoms with van der Waals surface area (Å²) >= 11 is 1.68. The number of hydrogen-bond donors (Lipinski definition) is 1. The van der Waals surface area contributed by atoms with E-state index >= 15 is 0 Å². The Hall–Kier alpha value is -1.92. The number of anilines is 1. The van der Waals surface area contributed by atoms with E-state index in [-0.39, 0.29) is 11.9 Å². The molecule has 1 atom stereocenters. The van der Waals surface area contributed by atoms with Crippen LogP contribution in [0.4, 0.5) is 5.13 Å². The number of nitrogens with one attached hydrogen (secondary N) is 1. The second kappa shape index (κ2) is 7.76. The number of thiazole rings is 1. The van der Waals surface area contributed by atoms with Crippen molar-refractivity contribution in [2.45, 2.75) is 45.3 Å². The number of carbonyl (C=O) groups excluding carboxylic acids is 1. The fraction of sp³-hybridized carbons (Fsp3) is 0.500. The summed E-state index contributed by atoms with van der Waals surface area (Å²) in [7, 11) is 0. The predicted molar refractivity (Wildman–Crippen MR) is 105 cm³/mol. The number of amides is 1. The van der Waals surface area contributed by atoms with Crippen LogP contribution in [0.25, 0.3) is 0 Å². The molecule has 0 radical (unpaired) electrons. The van der Waals surface area contributed by atoms with Crippen molar-refractivity contribution in [3.63, 3.8) is 0 Å². The van der Waals surface area contributed by atoms with Crippen LogP contribution in [-0.2, 0) is 24.3 Å². The molecule has 138 valence electrons. The van der Waals surface area contributed by atoms with Crippen molar-refractivity contribution in [3.05, 3.63) is 46.5 Å². The molecular weight excluding hydrogens is 344 g/mol. The molecule has 5 nitrogen and oxygen atoms in total. The van der Waals surface area contributed by atoms with Crippen LogP contribution in [0.2, 0.25) is 0 Å². The van der Waals surface area contributed by atoms with Gasteiger partial charge < -0.3 is 10.2 Å². The highest BCUT2D eigenvalue weighted by molar-refractivity contribution is 7.13. The Bertz CT molecular complexity index is 769. The Balaban J connectivity index is 1.31. The standard InChI is InChI=1S/C20H26N4OS/c1-15(24-11-8-16-6-2-3-7-17(16)13-24)19(25)21-12-18-14-26-20(22-18)23-9-4-5-10-23/h2-3,6-7,14-15H,4-5,8-13H2,1H3,(H,21,25)/t15-/m0/s1. The first-order valence-electron chi connectivity index (χ1n) is 9.48. The van der Waals surface area contributed by atoms with Gasteiger partial charge in [0.05, 0.1) is 18.3 Å². The Morgan fingerprint density at radius 3 is 2.81 bits per heavy atom. The summed E-state index contributed by atoms with van der Waals surface area (Å²) in [4.78, 5) is 21.9. The normalized spacial score (nSPS) is 18.6. The van der Waals surface area contributed by atoms with Crippen LogP contribution in [0.1, 0.15) is 36.6 Å². The smallest absolute Gasteiger partial charge is 0.237 e. The summed E-state index contributed by atoms with van der Waals surface area (Å²) in [5.41, 5.74) is 3.71. The molecular formula is C20H26N4OS. The van der Waals surface area contributed by atoms with Crippen LogP contribution >= 0.6 is 11.3 Å². The van der Waals surface area contributed by atoms with E-state index in [0.29, 0.717) is 6.54 Å². The number of hydrogen-bond acceptors (Lipinski definition) is 5. The molecule has 0 bridgehead atoms. The molecule has 1 aromatic carbocycles. The monoisotopic (exact) mass is 370 g/mol. The van der Waals surface area contributed by atoms with Crippen molar-refractivity contribution in [2.75, 3.05) is 24.5 Å². The molecule has 3 heterocycles. The van der Waals surface area contributed by atoms with E-state index in [9.17, 15) is 4.79 Å². The highest BCUT2D eigenvalue weighted by atomic mass is 32.1. The molecule has 1 N–H and O–H groups in total. The third-order valence-corrected chi connectivity index (χ3v) is 6.40. The van der Waals surface area contributed by atoms with E-state index in [0.717, 1.165) is 43.4 Å². The van der Waals surface area contributed by atoms with Gasteiger partial charge in [-0.3, -0.25) is 9.69 Å². The first kappa shape index (κ1) is 17.5. The van der Waals surface area contributed by atoms with Crippen LogP contribution in [0.15, 0.2) is 29.6 Å². The lowest BCUT2D eigenvalue weighted by Crippen LogP contribution is -2.46. The van der Waals surface area contributed by atoms with Crippen LogP contribution in [0.5, 0.6) is 0 Å². The molecule has 1 saturated heterocycles. The molecule has 26 heavy (non-hydrogen) atoms. The minimum absolute atomic E-state index is 0.0834. The zero-order chi connectivity index (χ0) is 17.9. The molecule has 2 aliphatic rings. The molecule has 2 aromatic rings. The maximum Gasteiger partial charge on any atom is 0.237 e. The lowest BCUT2D eigenvalue weighted by Gasteiger charge is -2.32. The van der Waals surface area contributed by atoms with Crippen LogP contribution in [-0.4, -0.2) is 41.5 Å². The maximum atomic E-state index is 12.6. The van der Waals surface area contributed by atoms with Crippen molar-refractivity contribution < 1.29 is 4.79 Å². The minimum Gasteiger partial charge on any atom is -0.349 e. The Morgan fingerprint density at radius 2 is 2.00 bits per heavy atom. The fourth-order valence-electron chi connectivity index (χ4n) is 3.77. The molecule has 4 rings (SSSR count). The zero-order valence-corrected chi connectivity index (χ0v) is 16.1. The number of fused-ring (bicyclic) bond motifs is 1. The summed E-state index contributed by atoms with van der Waals surface area (Å²) < 4.78 is 0. The number of carbonyl (C=O) groups is 1. The van der Waals surface area contributed by atoms with E-state index < -0.39 is 0 Å². The highest BCUT2D eigenvalue weighted by Crippen LogP contribution is 2.24. The SMILES string of the molecule is C[C@@H](C(=O)NCc1csc(N2CCCC2)n1)N1CCc2ccccc2C1. The van der Waals surface area contributed by atoms with Crippen LogP contribution in [0, 0.1) is 0 Å². The predicted octanol–water partition coefficient (Wildman–Crippen LogP) is 2.81. The summed E-state index contributed by atoms with van der Waals surface area (Å²) in [5.74, 6) is 0.0834. The van der Waals surface area contributed by atoms with Gasteiger partial charge in [0, 0.05) is 31.6 Å². The molecule has 1 fully saturated rings. The van der Waals surface area contributed by atoms with Gasteiger partial charge >= 0.3 is 0 Å². The number of aromatic nitrogens is 1. The Kier molecular flexibility index (Phi) is 5.22. The van der Waals surface area contributed by atoms with Gasteiger partial charge in [0.1, 0.15) is 0 Å². The van der Waals surface area contributed by atoms with Crippen LogP contribution < -0.4 is 10.2 Å². The van der Waals surface area contributed by atoms with E-state index in [1.807, 2.05) is 6.92 Å². The first-order chi connectivity index (χ1) is 12.7. The van der Waals surface area contributed by atoms with Gasteiger partial charge in [-0.05, 0) is 37.3 Å². The van der Waals surface area contributed by atoms with E-state index in [4.69, 9.17) is 0 Å². The molecule has 0 saturated carbocycles. The highest BCUT2D eigenvalue weighted by Gasteiger charge is 2.25. The third-order valence-electron chi connectivity index (χ3n) is 5.45. The zero-order valence-electron chi connectivity index (χ0n) is 15.3. The second-order valence-corrected chi connectivity index (χ2v) is 8.04. The summed E-state index contributed by atoms with van der Waals surface area (Å²) in [6.07, 6.45) is 3.52. The van der Waals surface area contributed by atoms with E-state index in [1.54, 1.807) is 11.3 Å². The van der Waals surface area contributed by atoms with Gasteiger partial charge in [0.15, 0.2) is 5.13 Å². The van der Waals surface area contributed by atoms with Crippen molar-refractivity contribution >= 4 is 22.4 Å². The summed E-state index contributed by atoms with van der Waals surface area (Å²) in [5, 5.41) is 6.22. The average Bonchev–Trinajstić information content (AvgIpc) is 3.36. The summed E-state index contributed by atoms with van der Waals surface area (Å²) in [6.45, 7) is 6.50. The number of benzene rings is 1. The second-order valence-electron chi connectivity index (χ2n) is 7.20. The maximum absolute atomic E-state index is 12.6. The molecule has 1 amide bonds. The van der Waals surface area contributed by atoms with E-state index in [1.165, 1.54) is 24.0 Å². The quantitative estimate of drug-likeness (QED) is 0.879. The first-order valence-corrected chi connectivity index (χ1v) is 10.4. The van der Waals surface area contributed by atoms with Gasteiger partial charge in [-0.1, -0.05) is 24.3 Å². The van der Waals surface area contributed by atoms with E-state index in [2.05, 4.69) is 49.7 Å². The van der Waals surface area contributed by atoms with Gasteiger partial charge in [-0.15, -0.1) is 11.3 Å². The van der Waals surface area contributed by atoms with Gasteiger partial charge in [0.25, 0.3) is 0 Å². The number of nitrogens with zero attached hydrogens (tertiary/aromatic N) is 3. The van der Waals surface area contributed by atoms with Crippen molar-refractivity contribution in [3.8, 4) is 0 Å². The molecule has 6 heteroatoms. The molecule has 0 aliphatic carbocycles. The van der Waals surface area contributed by atoms with Crippen molar-refractivity contribution in [1.29, 1.82) is 0 Å². The molecule has 2 aliphatic heterocycles. The third kappa shape index (κ3) is 3.76. The molecule has 0 spiro atoms. The largest absolute Gasteiger partial charge is 0.349 e. The van der Waals surface area contributed by atoms with Crippen molar-refractivity contribution in [2.24, 2.45) is 0 Å². The lowest BCUT2D eigenvalue weighted by atomic mass is 9.99. The average molecular weight is 371 g/mol. The van der Waals surface area contributed by atoms with Gasteiger partial charge in [-0.25, -0.2) is 4.98 Å². The Labute approximate surface area is 159 Å². The van der Waals surface area contributed by atoms with Gasteiger partial charge in [-0.2, -0.15) is 0 Å². The lowest BCUT2D eigenvalue weighted by molar-refractivity contribution is -0.126. The van der Waals surface area contributed by atoms with Crippen LogP contribution in [0.3, 0.4) is 0 Å². The number of rotatable bonds is 5. The van der Waals surface area contributed by atoms with Crippen molar-refractivity contribution in [1.82, 2.24) is 15.2 Å². The topological polar surface area (TPSA) is 48.5 Å².